The lowest BCUT2D eigenvalue weighted by Gasteiger charge is -2.44. The number of methoxy groups -OCH3 is 5. The molecule has 0 aromatic heterocycles. The first-order chi connectivity index (χ1) is 8.23. The minimum Gasteiger partial charge on any atom is -0.382 e. The lowest BCUT2D eigenvalue weighted by atomic mass is 9.98. The Balaban J connectivity index is 2.84. The summed E-state index contributed by atoms with van der Waals surface area (Å²) in [7, 11) is 8.01. The van der Waals surface area contributed by atoms with Crippen LogP contribution in [0.15, 0.2) is 0 Å². The summed E-state index contributed by atoms with van der Waals surface area (Å²) in [4.78, 5) is 0. The van der Waals surface area contributed by atoms with Gasteiger partial charge in [0, 0.05) is 35.5 Å². The van der Waals surface area contributed by atoms with E-state index in [-0.39, 0.29) is 24.4 Å². The van der Waals surface area contributed by atoms with Crippen molar-refractivity contribution in [2.75, 3.05) is 42.2 Å². The summed E-state index contributed by atoms with van der Waals surface area (Å²) in [5, 5.41) is 0. The summed E-state index contributed by atoms with van der Waals surface area (Å²) >= 11 is 0. The molecule has 102 valence electrons. The van der Waals surface area contributed by atoms with E-state index in [0.717, 1.165) is 0 Å². The van der Waals surface area contributed by atoms with Gasteiger partial charge in [-0.2, -0.15) is 0 Å². The van der Waals surface area contributed by atoms with Gasteiger partial charge in [-0.3, -0.25) is 0 Å². The van der Waals surface area contributed by atoms with E-state index < -0.39 is 6.29 Å². The largest absolute Gasteiger partial charge is 0.382 e. The van der Waals surface area contributed by atoms with E-state index in [1.54, 1.807) is 35.5 Å². The zero-order valence-electron chi connectivity index (χ0n) is 11.0. The van der Waals surface area contributed by atoms with Crippen LogP contribution in [0.5, 0.6) is 0 Å². The molecule has 1 unspecified atom stereocenters. The second-order valence-corrected chi connectivity index (χ2v) is 3.83. The minimum absolute atomic E-state index is 0.244. The molecule has 0 amide bonds. The second kappa shape index (κ2) is 7.25. The number of rotatable bonds is 6. The van der Waals surface area contributed by atoms with Crippen molar-refractivity contribution in [3.63, 3.8) is 0 Å². The first-order valence-corrected chi connectivity index (χ1v) is 5.49. The summed E-state index contributed by atoms with van der Waals surface area (Å²) in [6.07, 6.45) is -1.58. The van der Waals surface area contributed by atoms with Crippen LogP contribution in [0.1, 0.15) is 0 Å². The molecular formula is C11H22O6. The molecule has 0 bridgehead atoms. The Bertz CT molecular complexity index is 212. The predicted molar refractivity (Wildman–Crippen MR) is 59.9 cm³/mol. The number of ether oxygens (including phenoxy) is 6. The summed E-state index contributed by atoms with van der Waals surface area (Å²) < 4.78 is 32.3. The van der Waals surface area contributed by atoms with Crippen molar-refractivity contribution in [3.05, 3.63) is 0 Å². The Morgan fingerprint density at radius 1 is 0.765 bits per heavy atom. The van der Waals surface area contributed by atoms with Crippen molar-refractivity contribution < 1.29 is 28.4 Å². The van der Waals surface area contributed by atoms with Crippen molar-refractivity contribution in [2.24, 2.45) is 0 Å². The van der Waals surface area contributed by atoms with E-state index in [4.69, 9.17) is 28.4 Å². The van der Waals surface area contributed by atoms with Crippen LogP contribution >= 0.6 is 0 Å². The normalized spacial score (nSPS) is 38.3. The van der Waals surface area contributed by atoms with Crippen LogP contribution in [-0.4, -0.2) is 72.9 Å². The van der Waals surface area contributed by atoms with Crippen LogP contribution in [0, 0.1) is 0 Å². The van der Waals surface area contributed by atoms with E-state index in [2.05, 4.69) is 0 Å². The first-order valence-electron chi connectivity index (χ1n) is 5.49. The molecule has 1 aliphatic rings. The molecule has 1 heterocycles. The topological polar surface area (TPSA) is 55.4 Å². The highest BCUT2D eigenvalue weighted by Crippen LogP contribution is 2.27. The van der Waals surface area contributed by atoms with Crippen LogP contribution in [0.4, 0.5) is 0 Å². The lowest BCUT2D eigenvalue weighted by Crippen LogP contribution is -2.61. The molecule has 1 rings (SSSR count). The Morgan fingerprint density at radius 3 is 1.76 bits per heavy atom. The maximum absolute atomic E-state index is 5.74. The zero-order valence-corrected chi connectivity index (χ0v) is 11.0. The third-order valence-electron chi connectivity index (χ3n) is 2.97. The minimum atomic E-state index is -0.489. The van der Waals surface area contributed by atoms with Crippen LogP contribution in [0.2, 0.25) is 0 Å². The summed E-state index contributed by atoms with van der Waals surface area (Å²) in [6, 6.07) is 0. The van der Waals surface area contributed by atoms with Crippen LogP contribution in [-0.2, 0) is 28.4 Å². The average Bonchev–Trinajstić information content (AvgIpc) is 2.37. The monoisotopic (exact) mass is 250 g/mol. The van der Waals surface area contributed by atoms with Gasteiger partial charge < -0.3 is 28.4 Å². The molecule has 1 saturated heterocycles. The van der Waals surface area contributed by atoms with Crippen molar-refractivity contribution in [1.29, 1.82) is 0 Å². The lowest BCUT2D eigenvalue weighted by molar-refractivity contribution is -0.307. The Morgan fingerprint density at radius 2 is 1.35 bits per heavy atom. The Kier molecular flexibility index (Phi) is 6.32. The summed E-state index contributed by atoms with van der Waals surface area (Å²) in [5.74, 6) is 0. The molecule has 0 saturated carbocycles. The maximum atomic E-state index is 5.74. The standard InChI is InChI=1S/C11H22O6/c1-12-6-7-8(13-2)9(14-3)10(15-4)11(16-5)17-7/h7-11H,6H2,1-5H3/t7-,8+,9+,10-,11?/m1/s1. The van der Waals surface area contributed by atoms with Gasteiger partial charge in [-0.05, 0) is 0 Å². The van der Waals surface area contributed by atoms with Crippen LogP contribution in [0.3, 0.4) is 0 Å². The van der Waals surface area contributed by atoms with Crippen molar-refractivity contribution in [3.8, 4) is 0 Å². The highest BCUT2D eigenvalue weighted by Gasteiger charge is 2.47. The fraction of sp³-hybridized carbons (Fsp3) is 1.00. The molecule has 5 atom stereocenters. The van der Waals surface area contributed by atoms with Gasteiger partial charge in [0.2, 0.25) is 0 Å². The van der Waals surface area contributed by atoms with Crippen molar-refractivity contribution >= 4 is 0 Å². The smallest absolute Gasteiger partial charge is 0.186 e. The second-order valence-electron chi connectivity index (χ2n) is 3.83. The van der Waals surface area contributed by atoms with Gasteiger partial charge in [-0.15, -0.1) is 0 Å². The third kappa shape index (κ3) is 3.15. The van der Waals surface area contributed by atoms with Gasteiger partial charge in [0.25, 0.3) is 0 Å². The van der Waals surface area contributed by atoms with Crippen molar-refractivity contribution in [2.45, 2.75) is 30.7 Å². The molecule has 0 aromatic rings. The molecule has 17 heavy (non-hydrogen) atoms. The van der Waals surface area contributed by atoms with Gasteiger partial charge in [0.1, 0.15) is 24.4 Å². The molecule has 0 spiro atoms. The van der Waals surface area contributed by atoms with Gasteiger partial charge in [0.05, 0.1) is 6.61 Å². The van der Waals surface area contributed by atoms with Crippen LogP contribution < -0.4 is 0 Å². The SMILES string of the molecule is COC[C@H]1OC(OC)[C@H](OC)[C@@H](OC)[C@H]1OC. The average molecular weight is 250 g/mol. The first kappa shape index (κ1) is 14.8. The van der Waals surface area contributed by atoms with E-state index in [1.165, 1.54) is 0 Å². The highest BCUT2D eigenvalue weighted by molar-refractivity contribution is 4.92. The molecule has 0 N–H and O–H groups in total. The van der Waals surface area contributed by atoms with Gasteiger partial charge in [-0.1, -0.05) is 0 Å². The molecule has 0 aromatic carbocycles. The van der Waals surface area contributed by atoms with Crippen LogP contribution in [0.25, 0.3) is 0 Å². The predicted octanol–water partition coefficient (Wildman–Crippen LogP) is 0.0491. The summed E-state index contributed by atoms with van der Waals surface area (Å²) in [6.45, 7) is 0.411. The van der Waals surface area contributed by atoms with Gasteiger partial charge in [0.15, 0.2) is 6.29 Å². The Hall–Kier alpha value is -0.240. The molecule has 1 aliphatic heterocycles. The molecule has 6 nitrogen and oxygen atoms in total. The van der Waals surface area contributed by atoms with E-state index in [0.29, 0.717) is 6.61 Å². The van der Waals surface area contributed by atoms with Crippen molar-refractivity contribution in [1.82, 2.24) is 0 Å². The summed E-state index contributed by atoms with van der Waals surface area (Å²) in [5.41, 5.74) is 0. The molecule has 6 heteroatoms. The molecule has 1 fully saturated rings. The Labute approximate surface area is 102 Å². The maximum Gasteiger partial charge on any atom is 0.186 e. The fourth-order valence-corrected chi connectivity index (χ4v) is 2.17. The number of hydrogen-bond donors (Lipinski definition) is 0. The van der Waals surface area contributed by atoms with Gasteiger partial charge >= 0.3 is 0 Å². The van der Waals surface area contributed by atoms with Gasteiger partial charge in [-0.25, -0.2) is 0 Å². The number of hydrogen-bond acceptors (Lipinski definition) is 6. The zero-order chi connectivity index (χ0) is 12.8. The van der Waals surface area contributed by atoms with E-state index in [9.17, 15) is 0 Å². The molecular weight excluding hydrogens is 228 g/mol. The fourth-order valence-electron chi connectivity index (χ4n) is 2.17. The highest BCUT2D eigenvalue weighted by atomic mass is 16.7. The molecule has 0 radical (unpaired) electrons. The third-order valence-corrected chi connectivity index (χ3v) is 2.97. The van der Waals surface area contributed by atoms with E-state index >= 15 is 0 Å². The molecule has 0 aliphatic carbocycles. The quantitative estimate of drug-likeness (QED) is 0.664. The van der Waals surface area contributed by atoms with E-state index in [1.807, 2.05) is 0 Å².